The number of hydrogen-bond donors (Lipinski definition) is 0. The predicted octanol–water partition coefficient (Wildman–Crippen LogP) is 2.85. The van der Waals surface area contributed by atoms with Crippen LogP contribution in [0, 0.1) is 0 Å². The Hall–Kier alpha value is -1.36. The molecule has 1 aliphatic carbocycles. The van der Waals surface area contributed by atoms with Crippen LogP contribution in [0.25, 0.3) is 0 Å². The lowest BCUT2D eigenvalue weighted by atomic mass is 9.90. The van der Waals surface area contributed by atoms with Gasteiger partial charge in [0.2, 0.25) is 0 Å². The molecule has 4 nitrogen and oxygen atoms in total. The highest BCUT2D eigenvalue weighted by atomic mass is 32.2. The van der Waals surface area contributed by atoms with Crippen molar-refractivity contribution in [3.05, 3.63) is 34.9 Å². The molecule has 2 rings (SSSR count). The van der Waals surface area contributed by atoms with Gasteiger partial charge >= 0.3 is 0 Å². The van der Waals surface area contributed by atoms with Gasteiger partial charge in [-0.1, -0.05) is 13.0 Å². The fourth-order valence-corrected chi connectivity index (χ4v) is 4.41. The Balaban J connectivity index is 2.19. The number of sulfone groups is 1. The van der Waals surface area contributed by atoms with Crippen molar-refractivity contribution < 1.29 is 13.2 Å². The second kappa shape index (κ2) is 7.47. The number of hydrogen-bond acceptors (Lipinski definition) is 3. The largest absolute Gasteiger partial charge is 0.335 e. The number of aryl methyl sites for hydroxylation is 2. The quantitative estimate of drug-likeness (QED) is 0.802. The topological polar surface area (TPSA) is 54.5 Å². The number of benzene rings is 1. The zero-order valence-electron chi connectivity index (χ0n) is 14.3. The van der Waals surface area contributed by atoms with Gasteiger partial charge in [-0.15, -0.1) is 0 Å². The molecule has 5 heteroatoms. The summed E-state index contributed by atoms with van der Waals surface area (Å²) in [6.45, 7) is 5.86. The first kappa shape index (κ1) is 18.0. The van der Waals surface area contributed by atoms with Gasteiger partial charge in [0.25, 0.3) is 5.91 Å². The SMILES string of the molecule is CCN(C(=O)c1ccc2c(c1)CCCC2)[C@@H](C)CS(=O)(=O)CC. The molecule has 1 aliphatic rings. The Morgan fingerprint density at radius 2 is 1.83 bits per heavy atom. The van der Waals surface area contributed by atoms with Crippen LogP contribution < -0.4 is 0 Å². The lowest BCUT2D eigenvalue weighted by Crippen LogP contribution is -2.42. The first-order chi connectivity index (χ1) is 10.9. The fourth-order valence-electron chi connectivity index (χ4n) is 3.26. The molecule has 0 N–H and O–H groups in total. The number of fused-ring (bicyclic) bond motifs is 1. The Bertz CT molecular complexity index is 667. The summed E-state index contributed by atoms with van der Waals surface area (Å²) in [7, 11) is -3.10. The van der Waals surface area contributed by atoms with Crippen molar-refractivity contribution >= 4 is 15.7 Å². The van der Waals surface area contributed by atoms with Gasteiger partial charge in [0.05, 0.1) is 5.75 Å². The zero-order valence-corrected chi connectivity index (χ0v) is 15.2. The van der Waals surface area contributed by atoms with E-state index in [-0.39, 0.29) is 23.5 Å². The summed E-state index contributed by atoms with van der Waals surface area (Å²) in [5.74, 6) is 0.0651. The van der Waals surface area contributed by atoms with E-state index in [1.807, 2.05) is 26.0 Å². The highest BCUT2D eigenvalue weighted by Gasteiger charge is 2.24. The summed E-state index contributed by atoms with van der Waals surface area (Å²) in [6, 6.07) is 5.63. The summed E-state index contributed by atoms with van der Waals surface area (Å²) in [6.07, 6.45) is 4.51. The lowest BCUT2D eigenvalue weighted by molar-refractivity contribution is 0.0719. The molecule has 1 atom stereocenters. The molecule has 0 radical (unpaired) electrons. The van der Waals surface area contributed by atoms with E-state index in [0.29, 0.717) is 12.1 Å². The average molecular weight is 337 g/mol. The normalized spacial score (nSPS) is 15.8. The van der Waals surface area contributed by atoms with Gasteiger partial charge in [0.15, 0.2) is 9.84 Å². The van der Waals surface area contributed by atoms with E-state index < -0.39 is 9.84 Å². The van der Waals surface area contributed by atoms with Crippen molar-refractivity contribution in [2.75, 3.05) is 18.1 Å². The van der Waals surface area contributed by atoms with Crippen molar-refractivity contribution in [1.82, 2.24) is 4.90 Å². The first-order valence-corrected chi connectivity index (χ1v) is 10.3. The highest BCUT2D eigenvalue weighted by Crippen LogP contribution is 2.23. The molecule has 0 fully saturated rings. The summed E-state index contributed by atoms with van der Waals surface area (Å²) < 4.78 is 23.7. The molecule has 0 saturated heterocycles. The summed E-state index contributed by atoms with van der Waals surface area (Å²) in [5, 5.41) is 0. The van der Waals surface area contributed by atoms with Gasteiger partial charge in [-0.2, -0.15) is 0 Å². The number of amides is 1. The second-order valence-corrected chi connectivity index (χ2v) is 8.73. The number of nitrogens with zero attached hydrogens (tertiary/aromatic N) is 1. The summed E-state index contributed by atoms with van der Waals surface area (Å²) in [5.41, 5.74) is 3.29. The lowest BCUT2D eigenvalue weighted by Gasteiger charge is -2.28. The van der Waals surface area contributed by atoms with Gasteiger partial charge in [0, 0.05) is 23.9 Å². The molecular formula is C18H27NO3S. The van der Waals surface area contributed by atoms with Crippen LogP contribution in [0.3, 0.4) is 0 Å². The van der Waals surface area contributed by atoms with E-state index in [1.54, 1.807) is 11.8 Å². The van der Waals surface area contributed by atoms with Crippen LogP contribution in [0.5, 0.6) is 0 Å². The van der Waals surface area contributed by atoms with Gasteiger partial charge in [0.1, 0.15) is 0 Å². The molecule has 128 valence electrons. The summed E-state index contributed by atoms with van der Waals surface area (Å²) >= 11 is 0. The van der Waals surface area contributed by atoms with Crippen LogP contribution in [-0.2, 0) is 22.7 Å². The molecule has 1 amide bonds. The fraction of sp³-hybridized carbons (Fsp3) is 0.611. The minimum Gasteiger partial charge on any atom is -0.335 e. The molecule has 0 spiro atoms. The molecule has 1 aromatic rings. The summed E-state index contributed by atoms with van der Waals surface area (Å²) in [4.78, 5) is 14.5. The molecule has 0 saturated carbocycles. The third-order valence-electron chi connectivity index (χ3n) is 4.66. The maximum Gasteiger partial charge on any atom is 0.254 e. The minimum absolute atomic E-state index is 0.0218. The molecule has 0 heterocycles. The van der Waals surface area contributed by atoms with Crippen molar-refractivity contribution in [1.29, 1.82) is 0 Å². The zero-order chi connectivity index (χ0) is 17.0. The molecular weight excluding hydrogens is 310 g/mol. The molecule has 23 heavy (non-hydrogen) atoms. The average Bonchev–Trinajstić information content (AvgIpc) is 2.54. The Morgan fingerprint density at radius 3 is 2.43 bits per heavy atom. The van der Waals surface area contributed by atoms with E-state index in [4.69, 9.17) is 0 Å². The van der Waals surface area contributed by atoms with Crippen molar-refractivity contribution in [3.63, 3.8) is 0 Å². The van der Waals surface area contributed by atoms with Crippen LogP contribution in [0.2, 0.25) is 0 Å². The number of carbonyl (C=O) groups excluding carboxylic acids is 1. The Labute approximate surface area is 139 Å². The minimum atomic E-state index is -3.10. The first-order valence-electron chi connectivity index (χ1n) is 8.51. The molecule has 0 aliphatic heterocycles. The van der Waals surface area contributed by atoms with Gasteiger partial charge in [-0.05, 0) is 62.8 Å². The Kier molecular flexibility index (Phi) is 5.84. The second-order valence-electron chi connectivity index (χ2n) is 6.33. The third-order valence-corrected chi connectivity index (χ3v) is 6.53. The van der Waals surface area contributed by atoms with E-state index in [0.717, 1.165) is 12.8 Å². The van der Waals surface area contributed by atoms with E-state index in [1.165, 1.54) is 24.0 Å². The van der Waals surface area contributed by atoms with Crippen LogP contribution in [0.1, 0.15) is 55.1 Å². The molecule has 0 bridgehead atoms. The number of rotatable bonds is 6. The van der Waals surface area contributed by atoms with Gasteiger partial charge in [-0.25, -0.2) is 8.42 Å². The monoisotopic (exact) mass is 337 g/mol. The van der Waals surface area contributed by atoms with Crippen LogP contribution >= 0.6 is 0 Å². The van der Waals surface area contributed by atoms with Crippen LogP contribution in [0.15, 0.2) is 18.2 Å². The Morgan fingerprint density at radius 1 is 1.17 bits per heavy atom. The third kappa shape index (κ3) is 4.34. The highest BCUT2D eigenvalue weighted by molar-refractivity contribution is 7.91. The van der Waals surface area contributed by atoms with Gasteiger partial charge < -0.3 is 4.90 Å². The predicted molar refractivity (Wildman–Crippen MR) is 93.6 cm³/mol. The van der Waals surface area contributed by atoms with Crippen molar-refractivity contribution in [3.8, 4) is 0 Å². The van der Waals surface area contributed by atoms with E-state index >= 15 is 0 Å². The molecule has 0 aromatic heterocycles. The molecule has 1 aromatic carbocycles. The number of carbonyl (C=O) groups is 1. The van der Waals surface area contributed by atoms with Crippen molar-refractivity contribution in [2.24, 2.45) is 0 Å². The van der Waals surface area contributed by atoms with Gasteiger partial charge in [-0.3, -0.25) is 4.79 Å². The smallest absolute Gasteiger partial charge is 0.254 e. The molecule has 0 unspecified atom stereocenters. The van der Waals surface area contributed by atoms with E-state index in [2.05, 4.69) is 6.07 Å². The van der Waals surface area contributed by atoms with E-state index in [9.17, 15) is 13.2 Å². The van der Waals surface area contributed by atoms with Crippen LogP contribution in [0.4, 0.5) is 0 Å². The maximum absolute atomic E-state index is 12.8. The standard InChI is InChI=1S/C18H27NO3S/c1-4-19(14(3)13-23(21,22)5-2)18(20)17-11-10-15-8-6-7-9-16(15)12-17/h10-12,14H,4-9,13H2,1-3H3/t14-/m0/s1. The van der Waals surface area contributed by atoms with Crippen LogP contribution in [-0.4, -0.2) is 43.3 Å². The van der Waals surface area contributed by atoms with Crippen molar-refractivity contribution in [2.45, 2.75) is 52.5 Å². The maximum atomic E-state index is 12.8.